The molecule has 4 heterocycles. The van der Waals surface area contributed by atoms with Gasteiger partial charge in [0.25, 0.3) is 5.91 Å². The fraction of sp³-hybridized carbons (Fsp3) is 0.471. The molecule has 1 amide bonds. The molecule has 0 atom stereocenters. The molecule has 0 aliphatic carbocycles. The monoisotopic (exact) mass is 371 g/mol. The van der Waals surface area contributed by atoms with Crippen LogP contribution < -0.4 is 15.5 Å². The second-order valence-electron chi connectivity index (χ2n) is 6.25. The van der Waals surface area contributed by atoms with E-state index in [0.29, 0.717) is 49.7 Å². The molecule has 2 aliphatic heterocycles. The van der Waals surface area contributed by atoms with E-state index in [2.05, 4.69) is 29.7 Å². The molecular formula is C17H21N7O3. The third kappa shape index (κ3) is 3.96. The van der Waals surface area contributed by atoms with Crippen molar-refractivity contribution in [3.05, 3.63) is 24.0 Å². The van der Waals surface area contributed by atoms with Crippen LogP contribution in [0.1, 0.15) is 10.5 Å². The van der Waals surface area contributed by atoms with Gasteiger partial charge < -0.3 is 25.0 Å². The molecule has 10 heteroatoms. The Labute approximate surface area is 156 Å². The Morgan fingerprint density at radius 1 is 0.926 bits per heavy atom. The quantitative estimate of drug-likeness (QED) is 0.772. The first-order valence-electron chi connectivity index (χ1n) is 8.88. The van der Waals surface area contributed by atoms with Gasteiger partial charge in [0.2, 0.25) is 11.9 Å². The van der Waals surface area contributed by atoms with Crippen LogP contribution in [-0.4, -0.2) is 78.4 Å². The van der Waals surface area contributed by atoms with E-state index in [-0.39, 0.29) is 5.69 Å². The molecule has 2 N–H and O–H groups in total. The minimum Gasteiger partial charge on any atom is -0.378 e. The highest BCUT2D eigenvalue weighted by Crippen LogP contribution is 2.23. The molecule has 0 unspecified atom stereocenters. The van der Waals surface area contributed by atoms with E-state index in [4.69, 9.17) is 15.2 Å². The molecule has 0 radical (unpaired) electrons. The average molecular weight is 371 g/mol. The van der Waals surface area contributed by atoms with E-state index in [9.17, 15) is 4.79 Å². The van der Waals surface area contributed by atoms with Crippen molar-refractivity contribution in [3.63, 3.8) is 0 Å². The van der Waals surface area contributed by atoms with Gasteiger partial charge in [0, 0.05) is 37.9 Å². The van der Waals surface area contributed by atoms with E-state index < -0.39 is 5.91 Å². The molecule has 0 spiro atoms. The van der Waals surface area contributed by atoms with Gasteiger partial charge in [-0.15, -0.1) is 0 Å². The van der Waals surface area contributed by atoms with E-state index in [1.165, 1.54) is 6.20 Å². The smallest absolute Gasteiger partial charge is 0.267 e. The second kappa shape index (κ2) is 7.80. The van der Waals surface area contributed by atoms with E-state index in [1.54, 1.807) is 12.1 Å². The number of nitrogens with zero attached hydrogens (tertiary/aromatic N) is 6. The maximum Gasteiger partial charge on any atom is 0.267 e. The van der Waals surface area contributed by atoms with Gasteiger partial charge in [-0.05, 0) is 12.1 Å². The third-order valence-corrected chi connectivity index (χ3v) is 4.47. The fourth-order valence-electron chi connectivity index (χ4n) is 3.00. The summed E-state index contributed by atoms with van der Waals surface area (Å²) in [5.41, 5.74) is 6.20. The van der Waals surface area contributed by atoms with Crippen molar-refractivity contribution < 1.29 is 14.3 Å². The van der Waals surface area contributed by atoms with Crippen molar-refractivity contribution >= 4 is 17.8 Å². The predicted octanol–water partition coefficient (Wildman–Crippen LogP) is -0.294. The highest BCUT2D eigenvalue weighted by Gasteiger charge is 2.21. The SMILES string of the molecule is NC(=O)c1cc(-c2nc(N3CCOCC3)nc(N3CCOCC3)n2)ccn1. The molecule has 0 saturated carbocycles. The summed E-state index contributed by atoms with van der Waals surface area (Å²) in [6, 6.07) is 3.36. The summed E-state index contributed by atoms with van der Waals surface area (Å²) >= 11 is 0. The topological polar surface area (TPSA) is 120 Å². The maximum absolute atomic E-state index is 11.5. The number of hydrogen-bond acceptors (Lipinski definition) is 9. The fourth-order valence-corrected chi connectivity index (χ4v) is 3.00. The van der Waals surface area contributed by atoms with Gasteiger partial charge in [0.15, 0.2) is 5.82 Å². The van der Waals surface area contributed by atoms with Crippen LogP contribution in [-0.2, 0) is 9.47 Å². The van der Waals surface area contributed by atoms with Gasteiger partial charge in [0.05, 0.1) is 26.4 Å². The van der Waals surface area contributed by atoms with Crippen molar-refractivity contribution in [3.8, 4) is 11.4 Å². The van der Waals surface area contributed by atoms with Crippen LogP contribution in [0.3, 0.4) is 0 Å². The lowest BCUT2D eigenvalue weighted by Gasteiger charge is -2.30. The number of aromatic nitrogens is 4. The summed E-state index contributed by atoms with van der Waals surface area (Å²) in [4.78, 5) is 33.6. The molecule has 142 valence electrons. The number of rotatable bonds is 4. The van der Waals surface area contributed by atoms with Crippen molar-refractivity contribution in [2.75, 3.05) is 62.4 Å². The van der Waals surface area contributed by atoms with Crippen molar-refractivity contribution in [2.45, 2.75) is 0 Å². The summed E-state index contributed by atoms with van der Waals surface area (Å²) in [6.45, 7) is 5.40. The number of amides is 1. The van der Waals surface area contributed by atoms with Crippen molar-refractivity contribution in [1.82, 2.24) is 19.9 Å². The summed E-state index contributed by atoms with van der Waals surface area (Å²) < 4.78 is 10.9. The van der Waals surface area contributed by atoms with E-state index >= 15 is 0 Å². The highest BCUT2D eigenvalue weighted by molar-refractivity contribution is 5.91. The average Bonchev–Trinajstić information content (AvgIpc) is 2.75. The zero-order chi connectivity index (χ0) is 18.6. The van der Waals surface area contributed by atoms with Crippen LogP contribution in [0.4, 0.5) is 11.9 Å². The number of carbonyl (C=O) groups is 1. The number of primary amides is 1. The maximum atomic E-state index is 11.5. The molecule has 10 nitrogen and oxygen atoms in total. The Morgan fingerprint density at radius 3 is 2.00 bits per heavy atom. The van der Waals surface area contributed by atoms with Crippen LogP contribution in [0.15, 0.2) is 18.3 Å². The molecule has 4 rings (SSSR count). The van der Waals surface area contributed by atoms with Gasteiger partial charge in [0.1, 0.15) is 5.69 Å². The van der Waals surface area contributed by atoms with Gasteiger partial charge >= 0.3 is 0 Å². The number of nitrogens with two attached hydrogens (primary N) is 1. The minimum atomic E-state index is -0.590. The molecule has 2 aromatic heterocycles. The molecular weight excluding hydrogens is 350 g/mol. The lowest BCUT2D eigenvalue weighted by atomic mass is 10.2. The minimum absolute atomic E-state index is 0.175. The predicted molar refractivity (Wildman–Crippen MR) is 97.6 cm³/mol. The third-order valence-electron chi connectivity index (χ3n) is 4.47. The summed E-state index contributed by atoms with van der Waals surface area (Å²) in [7, 11) is 0. The first kappa shape index (κ1) is 17.6. The standard InChI is InChI=1S/C17H21N7O3/c18-14(25)13-11-12(1-2-19-13)15-20-16(23-3-7-26-8-4-23)22-17(21-15)24-5-9-27-10-6-24/h1-2,11H,3-10H2,(H2,18,25). The Bertz CT molecular complexity index is 784. The van der Waals surface area contributed by atoms with E-state index in [0.717, 1.165) is 26.2 Å². The van der Waals surface area contributed by atoms with Crippen LogP contribution in [0.5, 0.6) is 0 Å². The number of ether oxygens (including phenoxy) is 2. The Morgan fingerprint density at radius 2 is 1.48 bits per heavy atom. The number of pyridine rings is 1. The number of anilines is 2. The lowest BCUT2D eigenvalue weighted by molar-refractivity contribution is 0.0995. The molecule has 2 aromatic rings. The summed E-state index contributed by atoms with van der Waals surface area (Å²) in [6.07, 6.45) is 1.53. The number of carbonyl (C=O) groups excluding carboxylic acids is 1. The molecule has 2 saturated heterocycles. The lowest BCUT2D eigenvalue weighted by Crippen LogP contribution is -2.40. The van der Waals surface area contributed by atoms with Crippen LogP contribution >= 0.6 is 0 Å². The molecule has 2 aliphatic rings. The van der Waals surface area contributed by atoms with Gasteiger partial charge in [-0.3, -0.25) is 9.78 Å². The second-order valence-corrected chi connectivity index (χ2v) is 6.25. The zero-order valence-electron chi connectivity index (χ0n) is 14.9. The van der Waals surface area contributed by atoms with Gasteiger partial charge in [-0.25, -0.2) is 0 Å². The molecule has 0 bridgehead atoms. The molecule has 2 fully saturated rings. The zero-order valence-corrected chi connectivity index (χ0v) is 14.9. The summed E-state index contributed by atoms with van der Waals surface area (Å²) in [5.74, 6) is 1.09. The van der Waals surface area contributed by atoms with Crippen molar-refractivity contribution in [1.29, 1.82) is 0 Å². The Hall–Kier alpha value is -2.85. The molecule has 0 aromatic carbocycles. The first-order valence-corrected chi connectivity index (χ1v) is 8.88. The van der Waals surface area contributed by atoms with Gasteiger partial charge in [-0.2, -0.15) is 15.0 Å². The number of hydrogen-bond donors (Lipinski definition) is 1. The number of morpholine rings is 2. The highest BCUT2D eigenvalue weighted by atomic mass is 16.5. The first-order chi connectivity index (χ1) is 13.2. The largest absolute Gasteiger partial charge is 0.378 e. The summed E-state index contributed by atoms with van der Waals surface area (Å²) in [5, 5.41) is 0. The van der Waals surface area contributed by atoms with E-state index in [1.807, 2.05) is 0 Å². The Kier molecular flexibility index (Phi) is 5.07. The van der Waals surface area contributed by atoms with Crippen molar-refractivity contribution in [2.24, 2.45) is 5.73 Å². The van der Waals surface area contributed by atoms with Crippen LogP contribution in [0.25, 0.3) is 11.4 Å². The molecule has 27 heavy (non-hydrogen) atoms. The normalized spacial score (nSPS) is 17.8. The Balaban J connectivity index is 1.75. The van der Waals surface area contributed by atoms with Crippen LogP contribution in [0, 0.1) is 0 Å². The van der Waals surface area contributed by atoms with Crippen LogP contribution in [0.2, 0.25) is 0 Å². The van der Waals surface area contributed by atoms with Gasteiger partial charge in [-0.1, -0.05) is 0 Å².